The number of nitrogens with one attached hydrogen (secondary N) is 1. The average molecular weight is 363 g/mol. The number of H-pyrrole nitrogens is 1. The van der Waals surface area contributed by atoms with E-state index in [2.05, 4.69) is 39.1 Å². The Morgan fingerprint density at radius 1 is 1.19 bits per heavy atom. The minimum Gasteiger partial charge on any atom is -0.382 e. The van der Waals surface area contributed by atoms with E-state index in [1.54, 1.807) is 0 Å². The van der Waals surface area contributed by atoms with Gasteiger partial charge in [-0.3, -0.25) is 5.10 Å². The first-order valence-corrected chi connectivity index (χ1v) is 7.60. The summed E-state index contributed by atoms with van der Waals surface area (Å²) >= 11 is 9.51. The monoisotopic (exact) mass is 361 g/mol. The molecule has 0 fully saturated rings. The summed E-state index contributed by atoms with van der Waals surface area (Å²) < 4.78 is 0.838. The molecule has 0 unspecified atom stereocenters. The van der Waals surface area contributed by atoms with Gasteiger partial charge < -0.3 is 5.73 Å². The molecule has 0 atom stereocenters. The zero-order chi connectivity index (χ0) is 15.0. The van der Waals surface area contributed by atoms with Gasteiger partial charge in [0.2, 0.25) is 0 Å². The molecule has 0 aliphatic carbocycles. The van der Waals surface area contributed by atoms with Gasteiger partial charge in [0.05, 0.1) is 16.3 Å². The number of halogens is 2. The molecule has 0 bridgehead atoms. The number of nitrogens with two attached hydrogens (primary N) is 1. The zero-order valence-corrected chi connectivity index (χ0v) is 13.7. The smallest absolute Gasteiger partial charge is 0.153 e. The molecule has 3 rings (SSSR count). The molecule has 3 nitrogen and oxygen atoms in total. The molecule has 5 heteroatoms. The minimum absolute atomic E-state index is 0.491. The summed E-state index contributed by atoms with van der Waals surface area (Å²) in [6.07, 6.45) is 0. The fourth-order valence-electron chi connectivity index (χ4n) is 2.34. The van der Waals surface area contributed by atoms with Crippen LogP contribution in [0.4, 0.5) is 5.82 Å². The number of anilines is 1. The Balaban J connectivity index is 2.22. The molecule has 1 aromatic heterocycles. The highest BCUT2D eigenvalue weighted by Crippen LogP contribution is 2.38. The highest BCUT2D eigenvalue weighted by molar-refractivity contribution is 9.10. The predicted octanol–water partition coefficient (Wildman–Crippen LogP) is 5.05. The number of hydrogen-bond acceptors (Lipinski definition) is 2. The molecular weight excluding hydrogens is 350 g/mol. The van der Waals surface area contributed by atoms with Crippen LogP contribution in [-0.4, -0.2) is 10.2 Å². The van der Waals surface area contributed by atoms with E-state index in [0.717, 1.165) is 32.4 Å². The second-order valence-electron chi connectivity index (χ2n) is 4.80. The van der Waals surface area contributed by atoms with Crippen LogP contribution < -0.4 is 5.73 Å². The Bertz CT molecular complexity index is 811. The van der Waals surface area contributed by atoms with Crippen molar-refractivity contribution in [3.63, 3.8) is 0 Å². The Morgan fingerprint density at radius 3 is 2.67 bits per heavy atom. The summed E-state index contributed by atoms with van der Waals surface area (Å²) in [6, 6.07) is 13.9. The average Bonchev–Trinajstić information content (AvgIpc) is 2.84. The third-order valence-electron chi connectivity index (χ3n) is 3.42. The van der Waals surface area contributed by atoms with E-state index in [1.807, 2.05) is 36.4 Å². The SMILES string of the molecule is Cc1ccccc1-c1c(N)n[nH]c1-c1ccc(Cl)c(Br)c1. The molecule has 3 aromatic rings. The number of aryl methyl sites for hydroxylation is 1. The summed E-state index contributed by atoms with van der Waals surface area (Å²) in [6.45, 7) is 2.06. The standard InChI is InChI=1S/C16H13BrClN3/c1-9-4-2-3-5-11(9)14-15(20-21-16(14)19)10-6-7-13(18)12(17)8-10/h2-8H,1H3,(H3,19,20,21). The van der Waals surface area contributed by atoms with Gasteiger partial charge in [0, 0.05) is 10.0 Å². The van der Waals surface area contributed by atoms with Crippen LogP contribution in [0.25, 0.3) is 22.4 Å². The molecule has 0 aliphatic heterocycles. The molecule has 0 radical (unpaired) electrons. The van der Waals surface area contributed by atoms with Gasteiger partial charge in [0.15, 0.2) is 5.82 Å². The Morgan fingerprint density at radius 2 is 1.95 bits per heavy atom. The molecule has 0 spiro atoms. The Hall–Kier alpha value is -1.78. The predicted molar refractivity (Wildman–Crippen MR) is 91.3 cm³/mol. The van der Waals surface area contributed by atoms with E-state index in [4.69, 9.17) is 17.3 Å². The largest absolute Gasteiger partial charge is 0.382 e. The van der Waals surface area contributed by atoms with Crippen molar-refractivity contribution >= 4 is 33.3 Å². The van der Waals surface area contributed by atoms with Gasteiger partial charge in [-0.2, -0.15) is 5.10 Å². The summed E-state index contributed by atoms with van der Waals surface area (Å²) in [5.41, 5.74) is 11.1. The van der Waals surface area contributed by atoms with Gasteiger partial charge in [-0.15, -0.1) is 0 Å². The maximum Gasteiger partial charge on any atom is 0.153 e. The fraction of sp³-hybridized carbons (Fsp3) is 0.0625. The summed E-state index contributed by atoms with van der Waals surface area (Å²) in [4.78, 5) is 0. The molecule has 21 heavy (non-hydrogen) atoms. The van der Waals surface area contributed by atoms with Crippen molar-refractivity contribution in [2.45, 2.75) is 6.92 Å². The van der Waals surface area contributed by atoms with Gasteiger partial charge in [-0.05, 0) is 46.1 Å². The van der Waals surface area contributed by atoms with Gasteiger partial charge >= 0.3 is 0 Å². The first kappa shape index (κ1) is 14.2. The first-order valence-electron chi connectivity index (χ1n) is 6.43. The molecule has 0 amide bonds. The van der Waals surface area contributed by atoms with Gasteiger partial charge in [0.1, 0.15) is 0 Å². The lowest BCUT2D eigenvalue weighted by molar-refractivity contribution is 1.10. The van der Waals surface area contributed by atoms with Gasteiger partial charge in [0.25, 0.3) is 0 Å². The summed E-state index contributed by atoms with van der Waals surface area (Å²) in [7, 11) is 0. The van der Waals surface area contributed by atoms with Crippen LogP contribution in [-0.2, 0) is 0 Å². The molecule has 3 N–H and O–H groups in total. The van der Waals surface area contributed by atoms with E-state index in [9.17, 15) is 0 Å². The third kappa shape index (κ3) is 2.57. The number of nitrogens with zero attached hydrogens (tertiary/aromatic N) is 1. The molecule has 2 aromatic carbocycles. The second kappa shape index (κ2) is 5.54. The van der Waals surface area contributed by atoms with Crippen molar-refractivity contribution in [1.82, 2.24) is 10.2 Å². The molecule has 0 saturated carbocycles. The quantitative estimate of drug-likeness (QED) is 0.670. The fourth-order valence-corrected chi connectivity index (χ4v) is 2.84. The van der Waals surface area contributed by atoms with Gasteiger partial charge in [-0.1, -0.05) is 41.9 Å². The topological polar surface area (TPSA) is 54.7 Å². The number of rotatable bonds is 2. The lowest BCUT2D eigenvalue weighted by Crippen LogP contribution is -1.91. The molecular formula is C16H13BrClN3. The third-order valence-corrected chi connectivity index (χ3v) is 4.63. The zero-order valence-electron chi connectivity index (χ0n) is 11.3. The van der Waals surface area contributed by atoms with Crippen LogP contribution in [0.5, 0.6) is 0 Å². The number of nitrogen functional groups attached to an aromatic ring is 1. The van der Waals surface area contributed by atoms with Crippen molar-refractivity contribution in [3.05, 3.63) is 57.5 Å². The lowest BCUT2D eigenvalue weighted by Gasteiger charge is -2.08. The summed E-state index contributed by atoms with van der Waals surface area (Å²) in [5, 5.41) is 7.86. The van der Waals surface area contributed by atoms with Crippen LogP contribution in [0.1, 0.15) is 5.56 Å². The second-order valence-corrected chi connectivity index (χ2v) is 6.06. The summed E-state index contributed by atoms with van der Waals surface area (Å²) in [5.74, 6) is 0.491. The van der Waals surface area contributed by atoms with E-state index >= 15 is 0 Å². The number of aromatic amines is 1. The Kier molecular flexibility index (Phi) is 3.74. The molecule has 0 aliphatic rings. The number of hydrogen-bond donors (Lipinski definition) is 2. The lowest BCUT2D eigenvalue weighted by atomic mass is 9.97. The molecule has 106 valence electrons. The van der Waals surface area contributed by atoms with E-state index in [-0.39, 0.29) is 0 Å². The maximum absolute atomic E-state index is 6.07. The van der Waals surface area contributed by atoms with Crippen molar-refractivity contribution in [2.24, 2.45) is 0 Å². The van der Waals surface area contributed by atoms with E-state index in [1.165, 1.54) is 0 Å². The molecule has 1 heterocycles. The molecule has 0 saturated heterocycles. The van der Waals surface area contributed by atoms with Crippen LogP contribution in [0, 0.1) is 6.92 Å². The Labute approximate surface area is 136 Å². The van der Waals surface area contributed by atoms with Crippen molar-refractivity contribution in [2.75, 3.05) is 5.73 Å². The number of aromatic nitrogens is 2. The van der Waals surface area contributed by atoms with Gasteiger partial charge in [-0.25, -0.2) is 0 Å². The highest BCUT2D eigenvalue weighted by atomic mass is 79.9. The number of benzene rings is 2. The van der Waals surface area contributed by atoms with Crippen molar-refractivity contribution in [3.8, 4) is 22.4 Å². The normalized spacial score (nSPS) is 10.8. The van der Waals surface area contributed by atoms with E-state index < -0.39 is 0 Å². The van der Waals surface area contributed by atoms with Crippen molar-refractivity contribution < 1.29 is 0 Å². The van der Waals surface area contributed by atoms with E-state index in [0.29, 0.717) is 10.8 Å². The van der Waals surface area contributed by atoms with Crippen LogP contribution >= 0.6 is 27.5 Å². The van der Waals surface area contributed by atoms with Crippen molar-refractivity contribution in [1.29, 1.82) is 0 Å². The first-order chi connectivity index (χ1) is 10.1. The maximum atomic E-state index is 6.07. The van der Waals surface area contributed by atoms with Crippen LogP contribution in [0.3, 0.4) is 0 Å². The highest BCUT2D eigenvalue weighted by Gasteiger charge is 2.16. The van der Waals surface area contributed by atoms with Crippen LogP contribution in [0.2, 0.25) is 5.02 Å². The minimum atomic E-state index is 0.491. The van der Waals surface area contributed by atoms with Crippen LogP contribution in [0.15, 0.2) is 46.9 Å².